The van der Waals surface area contributed by atoms with Crippen molar-refractivity contribution in [1.29, 1.82) is 0 Å². The van der Waals surface area contributed by atoms with Gasteiger partial charge in [-0.15, -0.1) is 6.42 Å². The van der Waals surface area contributed by atoms with Crippen molar-refractivity contribution in [2.24, 2.45) is 5.92 Å². The third-order valence-corrected chi connectivity index (χ3v) is 8.30. The van der Waals surface area contributed by atoms with Gasteiger partial charge in [0, 0.05) is 33.6 Å². The Morgan fingerprint density at radius 1 is 1.18 bits per heavy atom. The standard InChI is InChI=1S/C31H35Cl2F2NO2/c1-6-28(24-17-26(32)19-27(33)18-24)21(3)36(30(4)15-13-25(14-16-30)31(5,34)35)20(2)23-10-7-22(8-11-23)9-12-29(37)38/h1,7-8,10-11,17-20,25,28H,3,9,12-16H2,2,4-5H3,(H,37,38). The second kappa shape index (κ2) is 12.1. The lowest BCUT2D eigenvalue weighted by atomic mass is 9.73. The number of nitrogens with zero attached hydrogens (tertiary/aromatic N) is 1. The summed E-state index contributed by atoms with van der Waals surface area (Å²) < 4.78 is 28.3. The quantitative estimate of drug-likeness (QED) is 0.294. The van der Waals surface area contributed by atoms with E-state index in [1.165, 1.54) is 0 Å². The first kappa shape index (κ1) is 30.0. The Kier molecular flexibility index (Phi) is 9.55. The van der Waals surface area contributed by atoms with Crippen molar-refractivity contribution >= 4 is 29.2 Å². The van der Waals surface area contributed by atoms with Gasteiger partial charge in [-0.05, 0) is 87.8 Å². The summed E-state index contributed by atoms with van der Waals surface area (Å²) in [4.78, 5) is 13.2. The average molecular weight is 563 g/mol. The van der Waals surface area contributed by atoms with Gasteiger partial charge in [0.2, 0.25) is 5.92 Å². The molecule has 1 N–H and O–H groups in total. The van der Waals surface area contributed by atoms with Crippen molar-refractivity contribution in [1.82, 2.24) is 4.90 Å². The lowest BCUT2D eigenvalue weighted by molar-refractivity contribution is -0.136. The van der Waals surface area contributed by atoms with Crippen LogP contribution >= 0.6 is 23.2 Å². The second-order valence-corrected chi connectivity index (χ2v) is 11.6. The minimum absolute atomic E-state index is 0.0607. The van der Waals surface area contributed by atoms with Crippen LogP contribution in [0.3, 0.4) is 0 Å². The summed E-state index contributed by atoms with van der Waals surface area (Å²) in [5.74, 6) is -1.90. The van der Waals surface area contributed by atoms with Gasteiger partial charge in [0.1, 0.15) is 0 Å². The Bertz CT molecular complexity index is 1170. The second-order valence-electron chi connectivity index (χ2n) is 10.7. The van der Waals surface area contributed by atoms with Crippen LogP contribution in [0.1, 0.15) is 81.5 Å². The first-order valence-corrected chi connectivity index (χ1v) is 13.6. The molecule has 7 heteroatoms. The number of carboxylic acids is 1. The fourth-order valence-electron chi connectivity index (χ4n) is 5.68. The van der Waals surface area contributed by atoms with Crippen LogP contribution in [-0.2, 0) is 11.2 Å². The summed E-state index contributed by atoms with van der Waals surface area (Å²) >= 11 is 12.6. The zero-order valence-corrected chi connectivity index (χ0v) is 23.6. The summed E-state index contributed by atoms with van der Waals surface area (Å²) in [5.41, 5.74) is 2.89. The molecule has 0 aliphatic heterocycles. The first-order chi connectivity index (χ1) is 17.7. The van der Waals surface area contributed by atoms with Crippen molar-refractivity contribution in [2.75, 3.05) is 0 Å². The SMILES string of the molecule is C#CC(C(=C)N(C(C)c1ccc(CCC(=O)O)cc1)C1(C)CCC(C(C)(F)F)CC1)c1cc(Cl)cc(Cl)c1. The Hall–Kier alpha value is -2.55. The van der Waals surface area contributed by atoms with E-state index in [1.807, 2.05) is 24.3 Å². The number of hydrogen-bond donors (Lipinski definition) is 1. The van der Waals surface area contributed by atoms with E-state index in [-0.39, 0.29) is 12.5 Å². The largest absolute Gasteiger partial charge is 0.481 e. The number of carbonyl (C=O) groups is 1. The molecule has 1 fully saturated rings. The first-order valence-electron chi connectivity index (χ1n) is 12.8. The number of hydrogen-bond acceptors (Lipinski definition) is 2. The van der Waals surface area contributed by atoms with E-state index < -0.39 is 29.3 Å². The molecule has 0 saturated heterocycles. The molecule has 0 aromatic heterocycles. The molecule has 1 aliphatic carbocycles. The van der Waals surface area contributed by atoms with Crippen LogP contribution in [0.2, 0.25) is 10.0 Å². The normalized spacial score (nSPS) is 21.3. The van der Waals surface area contributed by atoms with Crippen LogP contribution in [0.25, 0.3) is 0 Å². The Morgan fingerprint density at radius 2 is 1.74 bits per heavy atom. The van der Waals surface area contributed by atoms with Crippen LogP contribution in [0.4, 0.5) is 8.78 Å². The van der Waals surface area contributed by atoms with Crippen LogP contribution in [0, 0.1) is 18.3 Å². The zero-order valence-electron chi connectivity index (χ0n) is 22.1. The van der Waals surface area contributed by atoms with E-state index >= 15 is 0 Å². The molecule has 0 heterocycles. The summed E-state index contributed by atoms with van der Waals surface area (Å²) in [6, 6.07) is 12.9. The maximum atomic E-state index is 14.2. The minimum Gasteiger partial charge on any atom is -0.481 e. The van der Waals surface area contributed by atoms with Crippen LogP contribution in [-0.4, -0.2) is 27.4 Å². The predicted octanol–water partition coefficient (Wildman–Crippen LogP) is 8.91. The highest BCUT2D eigenvalue weighted by atomic mass is 35.5. The number of aryl methyl sites for hydroxylation is 1. The van der Waals surface area contributed by atoms with Gasteiger partial charge in [-0.2, -0.15) is 0 Å². The van der Waals surface area contributed by atoms with E-state index in [9.17, 15) is 13.6 Å². The lowest BCUT2D eigenvalue weighted by Crippen LogP contribution is -2.51. The molecular formula is C31H35Cl2F2NO2. The van der Waals surface area contributed by atoms with Gasteiger partial charge in [-0.25, -0.2) is 8.78 Å². The summed E-state index contributed by atoms with van der Waals surface area (Å²) in [7, 11) is 0. The van der Waals surface area contributed by atoms with E-state index in [4.69, 9.17) is 34.7 Å². The number of benzene rings is 2. The lowest BCUT2D eigenvalue weighted by Gasteiger charge is -2.52. The van der Waals surface area contributed by atoms with Crippen LogP contribution < -0.4 is 0 Å². The Balaban J connectivity index is 1.99. The van der Waals surface area contributed by atoms with Gasteiger partial charge in [0.15, 0.2) is 0 Å². The third kappa shape index (κ3) is 7.10. The molecule has 204 valence electrons. The molecule has 2 atom stereocenters. The third-order valence-electron chi connectivity index (χ3n) is 7.87. The number of terminal acetylenes is 1. The van der Waals surface area contributed by atoms with Crippen molar-refractivity contribution in [3.63, 3.8) is 0 Å². The summed E-state index contributed by atoms with van der Waals surface area (Å²) in [6.45, 7) is 9.60. The van der Waals surface area contributed by atoms with Gasteiger partial charge in [-0.3, -0.25) is 4.79 Å². The van der Waals surface area contributed by atoms with E-state index in [1.54, 1.807) is 18.2 Å². The van der Waals surface area contributed by atoms with E-state index in [0.717, 1.165) is 23.6 Å². The molecule has 0 radical (unpaired) electrons. The maximum absolute atomic E-state index is 14.2. The molecule has 2 aromatic carbocycles. The van der Waals surface area contributed by atoms with Crippen LogP contribution in [0.5, 0.6) is 0 Å². The number of carboxylic acid groups (broad SMARTS) is 1. The molecule has 38 heavy (non-hydrogen) atoms. The highest BCUT2D eigenvalue weighted by Gasteiger charge is 2.45. The Morgan fingerprint density at radius 3 is 2.21 bits per heavy atom. The van der Waals surface area contributed by atoms with Crippen molar-refractivity contribution in [2.45, 2.75) is 82.7 Å². The van der Waals surface area contributed by atoms with Gasteiger partial charge >= 0.3 is 5.97 Å². The monoisotopic (exact) mass is 561 g/mol. The fourth-order valence-corrected chi connectivity index (χ4v) is 6.22. The molecule has 1 aliphatic rings. The van der Waals surface area contributed by atoms with Gasteiger partial charge in [0.25, 0.3) is 0 Å². The van der Waals surface area contributed by atoms with Gasteiger partial charge in [0.05, 0.1) is 12.0 Å². The van der Waals surface area contributed by atoms with Crippen molar-refractivity contribution < 1.29 is 18.7 Å². The van der Waals surface area contributed by atoms with Gasteiger partial charge < -0.3 is 10.0 Å². The molecule has 2 unspecified atom stereocenters. The number of halogens is 4. The molecular weight excluding hydrogens is 527 g/mol. The van der Waals surface area contributed by atoms with Crippen molar-refractivity contribution in [3.8, 4) is 12.3 Å². The maximum Gasteiger partial charge on any atom is 0.303 e. The summed E-state index contributed by atoms with van der Waals surface area (Å²) in [5, 5.41) is 9.93. The predicted molar refractivity (Wildman–Crippen MR) is 151 cm³/mol. The number of allylic oxidation sites excluding steroid dienone is 1. The highest BCUT2D eigenvalue weighted by Crippen LogP contribution is 2.48. The summed E-state index contributed by atoms with van der Waals surface area (Å²) in [6.07, 6.45) is 8.47. The average Bonchev–Trinajstić information content (AvgIpc) is 2.82. The minimum atomic E-state index is -2.72. The smallest absolute Gasteiger partial charge is 0.303 e. The van der Waals surface area contributed by atoms with Crippen LogP contribution in [0.15, 0.2) is 54.7 Å². The topological polar surface area (TPSA) is 40.5 Å². The van der Waals surface area contributed by atoms with E-state index in [0.29, 0.717) is 47.8 Å². The fraction of sp³-hybridized carbons (Fsp3) is 0.452. The molecule has 0 spiro atoms. The molecule has 1 saturated carbocycles. The highest BCUT2D eigenvalue weighted by molar-refractivity contribution is 6.34. The Labute approximate surface area is 234 Å². The molecule has 3 rings (SSSR count). The molecule has 2 aromatic rings. The molecule has 3 nitrogen and oxygen atoms in total. The van der Waals surface area contributed by atoms with Crippen molar-refractivity contribution in [3.05, 3.63) is 81.5 Å². The molecule has 0 bridgehead atoms. The molecule has 0 amide bonds. The number of aliphatic carboxylic acids is 1. The number of alkyl halides is 2. The number of rotatable bonds is 10. The van der Waals surface area contributed by atoms with E-state index in [2.05, 4.69) is 31.2 Å². The van der Waals surface area contributed by atoms with Gasteiger partial charge in [-0.1, -0.05) is 60.0 Å². The zero-order chi connectivity index (χ0) is 28.3.